The van der Waals surface area contributed by atoms with Gasteiger partial charge in [-0.3, -0.25) is 9.89 Å². The van der Waals surface area contributed by atoms with E-state index in [1.54, 1.807) is 6.26 Å². The molecular formula is C19H32N4O2. The Bertz CT molecular complexity index is 512. The first-order valence-electron chi connectivity index (χ1n) is 9.71. The van der Waals surface area contributed by atoms with E-state index in [2.05, 4.69) is 22.0 Å². The summed E-state index contributed by atoms with van der Waals surface area (Å²) in [5, 5.41) is 3.54. The van der Waals surface area contributed by atoms with Crippen LogP contribution in [-0.4, -0.2) is 74.8 Å². The van der Waals surface area contributed by atoms with Crippen LogP contribution in [0.4, 0.5) is 0 Å². The molecule has 1 aromatic rings. The second-order valence-corrected chi connectivity index (χ2v) is 6.98. The molecule has 0 spiro atoms. The average Bonchev–Trinajstić information content (AvgIpc) is 3.31. The fourth-order valence-electron chi connectivity index (χ4n) is 3.56. The van der Waals surface area contributed by atoms with Crippen molar-refractivity contribution in [3.63, 3.8) is 0 Å². The van der Waals surface area contributed by atoms with Crippen LogP contribution in [0.3, 0.4) is 0 Å². The smallest absolute Gasteiger partial charge is 0.193 e. The van der Waals surface area contributed by atoms with E-state index in [4.69, 9.17) is 14.1 Å². The fourth-order valence-corrected chi connectivity index (χ4v) is 3.56. The molecule has 6 heteroatoms. The number of furan rings is 1. The molecule has 1 N–H and O–H groups in total. The van der Waals surface area contributed by atoms with Crippen LogP contribution in [0, 0.1) is 5.92 Å². The Kier molecular flexibility index (Phi) is 7.18. The lowest BCUT2D eigenvalue weighted by molar-refractivity contribution is 0.0315. The summed E-state index contributed by atoms with van der Waals surface area (Å²) in [5.74, 6) is 2.82. The summed E-state index contributed by atoms with van der Waals surface area (Å²) in [6.07, 6.45) is 4.96. The average molecular weight is 348 g/mol. The van der Waals surface area contributed by atoms with Gasteiger partial charge in [-0.2, -0.15) is 0 Å². The number of guanidine groups is 1. The minimum Gasteiger partial charge on any atom is -0.469 e. The first kappa shape index (κ1) is 18.3. The molecule has 0 radical (unpaired) electrons. The third-order valence-corrected chi connectivity index (χ3v) is 4.93. The third-order valence-electron chi connectivity index (χ3n) is 4.93. The summed E-state index contributed by atoms with van der Waals surface area (Å²) in [6, 6.07) is 3.97. The van der Waals surface area contributed by atoms with E-state index in [-0.39, 0.29) is 0 Å². The summed E-state index contributed by atoms with van der Waals surface area (Å²) in [6.45, 7) is 11.2. The van der Waals surface area contributed by atoms with Gasteiger partial charge in [0.25, 0.3) is 0 Å². The highest BCUT2D eigenvalue weighted by atomic mass is 16.5. The van der Waals surface area contributed by atoms with E-state index in [0.29, 0.717) is 0 Å². The van der Waals surface area contributed by atoms with E-state index >= 15 is 0 Å². The largest absolute Gasteiger partial charge is 0.469 e. The molecule has 0 aliphatic carbocycles. The molecule has 3 heterocycles. The van der Waals surface area contributed by atoms with Crippen LogP contribution >= 0.6 is 0 Å². The van der Waals surface area contributed by atoms with Crippen molar-refractivity contribution in [2.24, 2.45) is 10.9 Å². The molecule has 0 amide bonds. The maximum absolute atomic E-state index is 5.45. The summed E-state index contributed by atoms with van der Waals surface area (Å²) in [7, 11) is 0. The van der Waals surface area contributed by atoms with Gasteiger partial charge in [-0.05, 0) is 30.9 Å². The molecule has 2 saturated heterocycles. The predicted octanol–water partition coefficient (Wildman–Crippen LogP) is 1.83. The lowest BCUT2D eigenvalue weighted by Gasteiger charge is -2.29. The highest BCUT2D eigenvalue weighted by molar-refractivity contribution is 5.80. The van der Waals surface area contributed by atoms with E-state index in [0.717, 1.165) is 83.0 Å². The maximum atomic E-state index is 5.45. The lowest BCUT2D eigenvalue weighted by Crippen LogP contribution is -2.43. The first-order valence-corrected chi connectivity index (χ1v) is 9.71. The minimum atomic E-state index is 0.733. The normalized spacial score (nSPS) is 22.5. The number of morpholine rings is 1. The van der Waals surface area contributed by atoms with Gasteiger partial charge >= 0.3 is 0 Å². The van der Waals surface area contributed by atoms with Gasteiger partial charge in [-0.1, -0.05) is 6.92 Å². The van der Waals surface area contributed by atoms with Crippen molar-refractivity contribution in [3.05, 3.63) is 24.2 Å². The SMILES string of the molecule is CCCN=C(NCCc1ccco1)N1CCC(CN2CCOCC2)C1. The van der Waals surface area contributed by atoms with Crippen molar-refractivity contribution in [1.82, 2.24) is 15.1 Å². The van der Waals surface area contributed by atoms with Gasteiger partial charge in [0, 0.05) is 52.2 Å². The molecular weight excluding hydrogens is 316 g/mol. The third kappa shape index (κ3) is 5.75. The Labute approximate surface area is 151 Å². The topological polar surface area (TPSA) is 53.2 Å². The molecule has 140 valence electrons. The second kappa shape index (κ2) is 9.82. The fraction of sp³-hybridized carbons (Fsp3) is 0.737. The highest BCUT2D eigenvalue weighted by Gasteiger charge is 2.27. The summed E-state index contributed by atoms with van der Waals surface area (Å²) in [4.78, 5) is 9.77. The molecule has 1 unspecified atom stereocenters. The van der Waals surface area contributed by atoms with Crippen molar-refractivity contribution >= 4 is 5.96 Å². The monoisotopic (exact) mass is 348 g/mol. The molecule has 0 bridgehead atoms. The predicted molar refractivity (Wildman–Crippen MR) is 99.9 cm³/mol. The zero-order chi connectivity index (χ0) is 17.3. The van der Waals surface area contributed by atoms with Crippen LogP contribution in [0.2, 0.25) is 0 Å². The Morgan fingerprint density at radius 2 is 2.20 bits per heavy atom. The number of hydrogen-bond donors (Lipinski definition) is 1. The van der Waals surface area contributed by atoms with Crippen molar-refractivity contribution in [1.29, 1.82) is 0 Å². The van der Waals surface area contributed by atoms with Gasteiger partial charge in [0.15, 0.2) is 5.96 Å². The summed E-state index contributed by atoms with van der Waals surface area (Å²) < 4.78 is 10.9. The molecule has 1 atom stereocenters. The highest BCUT2D eigenvalue weighted by Crippen LogP contribution is 2.18. The zero-order valence-corrected chi connectivity index (χ0v) is 15.5. The Hall–Kier alpha value is -1.53. The summed E-state index contributed by atoms with van der Waals surface area (Å²) in [5.41, 5.74) is 0. The number of likely N-dealkylation sites (tertiary alicyclic amines) is 1. The molecule has 6 nitrogen and oxygen atoms in total. The van der Waals surface area contributed by atoms with Crippen LogP contribution in [0.15, 0.2) is 27.8 Å². The molecule has 0 saturated carbocycles. The van der Waals surface area contributed by atoms with Crippen LogP contribution in [0.25, 0.3) is 0 Å². The zero-order valence-electron chi connectivity index (χ0n) is 15.5. The Balaban J connectivity index is 1.47. The molecule has 2 aliphatic heterocycles. The first-order chi connectivity index (χ1) is 12.3. The number of nitrogens with one attached hydrogen (secondary N) is 1. The molecule has 25 heavy (non-hydrogen) atoms. The molecule has 3 rings (SSSR count). The van der Waals surface area contributed by atoms with E-state index in [1.807, 2.05) is 12.1 Å². The Morgan fingerprint density at radius 3 is 2.96 bits per heavy atom. The van der Waals surface area contributed by atoms with Crippen molar-refractivity contribution in [2.45, 2.75) is 26.2 Å². The second-order valence-electron chi connectivity index (χ2n) is 6.98. The van der Waals surface area contributed by atoms with Crippen molar-refractivity contribution in [2.75, 3.05) is 59.0 Å². The number of rotatable bonds is 7. The van der Waals surface area contributed by atoms with Crippen molar-refractivity contribution in [3.8, 4) is 0 Å². The van der Waals surface area contributed by atoms with E-state index in [9.17, 15) is 0 Å². The van der Waals surface area contributed by atoms with Gasteiger partial charge < -0.3 is 19.4 Å². The molecule has 2 fully saturated rings. The number of ether oxygens (including phenoxy) is 1. The van der Waals surface area contributed by atoms with E-state index < -0.39 is 0 Å². The van der Waals surface area contributed by atoms with Crippen LogP contribution in [-0.2, 0) is 11.2 Å². The molecule has 0 aromatic carbocycles. The van der Waals surface area contributed by atoms with E-state index in [1.165, 1.54) is 13.0 Å². The van der Waals surface area contributed by atoms with Crippen LogP contribution < -0.4 is 5.32 Å². The maximum Gasteiger partial charge on any atom is 0.193 e. The quantitative estimate of drug-likeness (QED) is 0.602. The molecule has 1 aromatic heterocycles. The van der Waals surface area contributed by atoms with Gasteiger partial charge in [-0.25, -0.2) is 0 Å². The number of aliphatic imine (C=N–C) groups is 1. The summed E-state index contributed by atoms with van der Waals surface area (Å²) >= 11 is 0. The standard InChI is InChI=1S/C19H32N4O2/c1-2-7-20-19(21-8-5-18-4-3-12-25-18)23-9-6-17(16-23)15-22-10-13-24-14-11-22/h3-4,12,17H,2,5-11,13-16H2,1H3,(H,20,21). The number of nitrogens with zero attached hydrogens (tertiary/aromatic N) is 3. The van der Waals surface area contributed by atoms with Crippen LogP contribution in [0.1, 0.15) is 25.5 Å². The Morgan fingerprint density at radius 1 is 1.32 bits per heavy atom. The van der Waals surface area contributed by atoms with Crippen molar-refractivity contribution < 1.29 is 9.15 Å². The lowest BCUT2D eigenvalue weighted by atomic mass is 10.1. The van der Waals surface area contributed by atoms with Gasteiger partial charge in [0.1, 0.15) is 5.76 Å². The van der Waals surface area contributed by atoms with Gasteiger partial charge in [0.2, 0.25) is 0 Å². The minimum absolute atomic E-state index is 0.733. The van der Waals surface area contributed by atoms with Gasteiger partial charge in [-0.15, -0.1) is 0 Å². The number of hydrogen-bond acceptors (Lipinski definition) is 4. The van der Waals surface area contributed by atoms with Crippen LogP contribution in [0.5, 0.6) is 0 Å². The van der Waals surface area contributed by atoms with Gasteiger partial charge in [0.05, 0.1) is 19.5 Å². The molecule has 2 aliphatic rings.